The van der Waals surface area contributed by atoms with Crippen LogP contribution in [0.1, 0.15) is 69.0 Å². The fourth-order valence-corrected chi connectivity index (χ4v) is 4.58. The van der Waals surface area contributed by atoms with Crippen LogP contribution in [0.25, 0.3) is 0 Å². The van der Waals surface area contributed by atoms with Crippen molar-refractivity contribution in [2.45, 2.75) is 64.3 Å². The van der Waals surface area contributed by atoms with Gasteiger partial charge in [-0.2, -0.15) is 0 Å². The van der Waals surface area contributed by atoms with Crippen molar-refractivity contribution in [3.05, 3.63) is 23.3 Å². The van der Waals surface area contributed by atoms with Crippen LogP contribution in [-0.4, -0.2) is 56.1 Å². The Morgan fingerprint density at radius 1 is 1.00 bits per heavy atom. The lowest BCUT2D eigenvalue weighted by molar-refractivity contribution is -0.140. The Bertz CT molecular complexity index is 661. The molecule has 1 fully saturated rings. The molecule has 1 aromatic rings. The second-order valence-corrected chi connectivity index (χ2v) is 8.12. The summed E-state index contributed by atoms with van der Waals surface area (Å²) in [6.07, 6.45) is 10.0. The minimum Gasteiger partial charge on any atom is -0.493 e. The van der Waals surface area contributed by atoms with Crippen molar-refractivity contribution in [3.8, 4) is 11.5 Å². The fraction of sp³-hybridized carbons (Fsp3) is 0.696. The van der Waals surface area contributed by atoms with Crippen LogP contribution >= 0.6 is 0 Å². The molecular formula is C23H36N2O3. The van der Waals surface area contributed by atoms with E-state index in [-0.39, 0.29) is 11.9 Å². The maximum atomic E-state index is 12.8. The Balaban J connectivity index is 1.61. The first-order chi connectivity index (χ1) is 13.7. The lowest BCUT2D eigenvalue weighted by Crippen LogP contribution is -2.54. The molecule has 156 valence electrons. The molecule has 5 nitrogen and oxygen atoms in total. The maximum absolute atomic E-state index is 12.8. The molecule has 0 aliphatic carbocycles. The molecule has 5 heteroatoms. The van der Waals surface area contributed by atoms with Gasteiger partial charge in [-0.1, -0.05) is 45.4 Å². The smallest absolute Gasteiger partial charge is 0.237 e. The summed E-state index contributed by atoms with van der Waals surface area (Å²) in [5.41, 5.74) is 2.51. The normalized spacial score (nSPS) is 19.3. The second-order valence-electron chi connectivity index (χ2n) is 8.12. The number of piperazine rings is 1. The molecule has 2 heterocycles. The highest BCUT2D eigenvalue weighted by Crippen LogP contribution is 2.39. The minimum absolute atomic E-state index is 0.134. The van der Waals surface area contributed by atoms with Gasteiger partial charge in [0.15, 0.2) is 11.5 Å². The highest BCUT2D eigenvalue weighted by molar-refractivity contribution is 5.80. The molecule has 1 amide bonds. The van der Waals surface area contributed by atoms with E-state index in [1.807, 2.05) is 0 Å². The lowest BCUT2D eigenvalue weighted by atomic mass is 9.90. The van der Waals surface area contributed by atoms with E-state index in [4.69, 9.17) is 9.47 Å². The van der Waals surface area contributed by atoms with Crippen molar-refractivity contribution in [1.82, 2.24) is 9.80 Å². The van der Waals surface area contributed by atoms with E-state index in [2.05, 4.69) is 28.9 Å². The van der Waals surface area contributed by atoms with Gasteiger partial charge in [-0.15, -0.1) is 0 Å². The van der Waals surface area contributed by atoms with E-state index in [1.54, 1.807) is 14.2 Å². The first kappa shape index (κ1) is 21.0. The van der Waals surface area contributed by atoms with Gasteiger partial charge in [0.25, 0.3) is 0 Å². The van der Waals surface area contributed by atoms with Crippen LogP contribution in [-0.2, 0) is 11.2 Å². The Hall–Kier alpha value is -1.75. The van der Waals surface area contributed by atoms with Crippen LogP contribution in [0.4, 0.5) is 0 Å². The van der Waals surface area contributed by atoms with E-state index in [9.17, 15) is 4.79 Å². The first-order valence-corrected chi connectivity index (χ1v) is 10.9. The summed E-state index contributed by atoms with van der Waals surface area (Å²) in [4.78, 5) is 17.2. The van der Waals surface area contributed by atoms with Crippen LogP contribution in [0.3, 0.4) is 0 Å². The Kier molecular flexibility index (Phi) is 7.60. The number of hydrogen-bond acceptors (Lipinski definition) is 4. The van der Waals surface area contributed by atoms with Crippen molar-refractivity contribution >= 4 is 5.91 Å². The number of rotatable bonds is 10. The van der Waals surface area contributed by atoms with Crippen molar-refractivity contribution < 1.29 is 14.3 Å². The molecule has 0 spiro atoms. The summed E-state index contributed by atoms with van der Waals surface area (Å²) in [6.45, 7) is 5.56. The van der Waals surface area contributed by atoms with Crippen LogP contribution in [0, 0.1) is 0 Å². The lowest BCUT2D eigenvalue weighted by Gasteiger charge is -2.44. The topological polar surface area (TPSA) is 42.0 Å². The van der Waals surface area contributed by atoms with Gasteiger partial charge in [0.05, 0.1) is 26.8 Å². The van der Waals surface area contributed by atoms with Crippen LogP contribution in [0.5, 0.6) is 11.5 Å². The number of methoxy groups -OCH3 is 2. The third-order valence-corrected chi connectivity index (χ3v) is 6.19. The van der Waals surface area contributed by atoms with Crippen molar-refractivity contribution in [2.24, 2.45) is 0 Å². The number of unbranched alkanes of at least 4 members (excludes halogenated alkanes) is 6. The zero-order chi connectivity index (χ0) is 19.9. The third kappa shape index (κ3) is 4.80. The molecule has 1 unspecified atom stereocenters. The molecule has 2 aliphatic heterocycles. The molecule has 3 rings (SSSR count). The predicted octanol–water partition coefficient (Wildman–Crippen LogP) is 4.20. The molecule has 0 saturated carbocycles. The standard InChI is InChI=1S/C23H36N2O3/c1-4-5-6-7-8-9-10-12-24-16-20-19-15-22(28-3)21(27-2)14-18(19)11-13-25(20)23(26)17-24/h14-15,20H,4-13,16-17H2,1-3H3. The van der Waals surface area contributed by atoms with Gasteiger partial charge in [0.1, 0.15) is 0 Å². The number of hydrogen-bond donors (Lipinski definition) is 0. The molecular weight excluding hydrogens is 352 g/mol. The van der Waals surface area contributed by atoms with E-state index >= 15 is 0 Å². The van der Waals surface area contributed by atoms with Crippen molar-refractivity contribution in [3.63, 3.8) is 0 Å². The van der Waals surface area contributed by atoms with Gasteiger partial charge < -0.3 is 14.4 Å². The second kappa shape index (κ2) is 10.1. The number of benzene rings is 1. The van der Waals surface area contributed by atoms with Crippen LogP contribution in [0.15, 0.2) is 12.1 Å². The summed E-state index contributed by atoms with van der Waals surface area (Å²) < 4.78 is 11.0. The van der Waals surface area contributed by atoms with E-state index in [1.165, 1.54) is 56.1 Å². The Morgan fingerprint density at radius 2 is 1.68 bits per heavy atom. The number of carbonyl (C=O) groups is 1. The maximum Gasteiger partial charge on any atom is 0.237 e. The molecule has 28 heavy (non-hydrogen) atoms. The van der Waals surface area contributed by atoms with Gasteiger partial charge in [0, 0.05) is 13.1 Å². The highest BCUT2D eigenvalue weighted by atomic mass is 16.5. The summed E-state index contributed by atoms with van der Waals surface area (Å²) in [7, 11) is 3.34. The fourth-order valence-electron chi connectivity index (χ4n) is 4.58. The average molecular weight is 389 g/mol. The first-order valence-electron chi connectivity index (χ1n) is 10.9. The largest absolute Gasteiger partial charge is 0.493 e. The molecule has 1 atom stereocenters. The van der Waals surface area contributed by atoms with Gasteiger partial charge in [0.2, 0.25) is 5.91 Å². The van der Waals surface area contributed by atoms with Crippen LogP contribution in [0.2, 0.25) is 0 Å². The monoisotopic (exact) mass is 388 g/mol. The predicted molar refractivity (Wildman–Crippen MR) is 112 cm³/mol. The Labute approximate surface area is 170 Å². The highest BCUT2D eigenvalue weighted by Gasteiger charge is 2.37. The molecule has 1 aromatic carbocycles. The quantitative estimate of drug-likeness (QED) is 0.564. The van der Waals surface area contributed by atoms with Crippen molar-refractivity contribution in [2.75, 3.05) is 40.4 Å². The van der Waals surface area contributed by atoms with Gasteiger partial charge in [-0.05, 0) is 42.6 Å². The summed E-state index contributed by atoms with van der Waals surface area (Å²) >= 11 is 0. The Morgan fingerprint density at radius 3 is 2.39 bits per heavy atom. The van der Waals surface area contributed by atoms with E-state index < -0.39 is 0 Å². The van der Waals surface area contributed by atoms with Crippen molar-refractivity contribution in [1.29, 1.82) is 0 Å². The number of carbonyl (C=O) groups excluding carboxylic acids is 1. The number of fused-ring (bicyclic) bond motifs is 3. The third-order valence-electron chi connectivity index (χ3n) is 6.19. The number of ether oxygens (including phenoxy) is 2. The molecule has 0 radical (unpaired) electrons. The molecule has 0 bridgehead atoms. The summed E-state index contributed by atoms with van der Waals surface area (Å²) in [6, 6.07) is 4.30. The van der Waals surface area contributed by atoms with E-state index in [0.717, 1.165) is 37.6 Å². The SMILES string of the molecule is CCCCCCCCCN1CC(=O)N2CCc3cc(OC)c(OC)cc3C2C1. The summed E-state index contributed by atoms with van der Waals surface area (Å²) in [5, 5.41) is 0. The summed E-state index contributed by atoms with van der Waals surface area (Å²) in [5.74, 6) is 1.79. The molecule has 1 saturated heterocycles. The molecule has 2 aliphatic rings. The van der Waals surface area contributed by atoms with Gasteiger partial charge in [-0.25, -0.2) is 0 Å². The van der Waals surface area contributed by atoms with Gasteiger partial charge >= 0.3 is 0 Å². The number of nitrogens with zero attached hydrogens (tertiary/aromatic N) is 2. The number of amides is 1. The molecule has 0 N–H and O–H groups in total. The molecule has 0 aromatic heterocycles. The van der Waals surface area contributed by atoms with Crippen LogP contribution < -0.4 is 9.47 Å². The van der Waals surface area contributed by atoms with Gasteiger partial charge in [-0.3, -0.25) is 9.69 Å². The zero-order valence-corrected chi connectivity index (χ0v) is 17.8. The average Bonchev–Trinajstić information content (AvgIpc) is 2.71. The van der Waals surface area contributed by atoms with E-state index in [0.29, 0.717) is 6.54 Å². The zero-order valence-electron chi connectivity index (χ0n) is 17.8. The minimum atomic E-state index is 0.134.